The minimum atomic E-state index is -0.840. The van der Waals surface area contributed by atoms with Gasteiger partial charge in [0.1, 0.15) is 40.4 Å². The van der Waals surface area contributed by atoms with Crippen LogP contribution < -0.4 is 4.74 Å². The van der Waals surface area contributed by atoms with E-state index in [0.717, 1.165) is 16.7 Å². The summed E-state index contributed by atoms with van der Waals surface area (Å²) in [6.07, 6.45) is 4.37. The average molecular weight is 493 g/mol. The van der Waals surface area contributed by atoms with Crippen LogP contribution in [-0.2, 0) is 12.8 Å². The summed E-state index contributed by atoms with van der Waals surface area (Å²) in [5.74, 6) is -0.937. The fraction of sp³-hybridized carbons (Fsp3) is 0.367. The number of hydrogen-bond acceptors (Lipinski definition) is 6. The minimum absolute atomic E-state index is 0.0306. The second kappa shape index (κ2) is 10.9. The lowest BCUT2D eigenvalue weighted by Gasteiger charge is -2.31. The Morgan fingerprint density at radius 3 is 2.28 bits per heavy atom. The van der Waals surface area contributed by atoms with Gasteiger partial charge in [0.15, 0.2) is 5.78 Å². The van der Waals surface area contributed by atoms with Crippen molar-refractivity contribution in [2.24, 2.45) is 5.92 Å². The van der Waals surface area contributed by atoms with Crippen molar-refractivity contribution in [3.8, 4) is 28.7 Å². The molecule has 6 nitrogen and oxygen atoms in total. The minimum Gasteiger partial charge on any atom is -0.508 e. The number of allylic oxidation sites excluding steroid dienone is 5. The lowest BCUT2D eigenvalue weighted by Crippen LogP contribution is -2.23. The molecule has 0 saturated heterocycles. The van der Waals surface area contributed by atoms with Crippen LogP contribution in [0.15, 0.2) is 53.6 Å². The molecule has 36 heavy (non-hydrogen) atoms. The highest BCUT2D eigenvalue weighted by molar-refractivity contribution is 6.04. The quantitative estimate of drug-likeness (QED) is 0.301. The van der Waals surface area contributed by atoms with E-state index in [2.05, 4.69) is 12.7 Å². The van der Waals surface area contributed by atoms with Crippen molar-refractivity contribution in [3.05, 3.63) is 75.9 Å². The molecule has 0 bridgehead atoms. The van der Waals surface area contributed by atoms with Crippen LogP contribution in [0.4, 0.5) is 0 Å². The number of carbonyl (C=O) groups excluding carboxylic acids is 1. The Kier molecular flexibility index (Phi) is 8.18. The van der Waals surface area contributed by atoms with Gasteiger partial charge in [0.05, 0.1) is 6.42 Å². The Bertz CT molecular complexity index is 1240. The molecule has 192 valence electrons. The van der Waals surface area contributed by atoms with Gasteiger partial charge in [0, 0.05) is 22.8 Å². The molecule has 1 aliphatic heterocycles. The van der Waals surface area contributed by atoms with Crippen LogP contribution in [0.25, 0.3) is 0 Å². The number of phenols is 4. The summed E-state index contributed by atoms with van der Waals surface area (Å²) in [5, 5.41) is 42.5. The van der Waals surface area contributed by atoms with E-state index in [0.29, 0.717) is 24.0 Å². The summed E-state index contributed by atoms with van der Waals surface area (Å²) in [7, 11) is 0. The summed E-state index contributed by atoms with van der Waals surface area (Å²) in [4.78, 5) is 13.4. The van der Waals surface area contributed by atoms with Crippen molar-refractivity contribution in [2.75, 3.05) is 0 Å². The van der Waals surface area contributed by atoms with Crippen molar-refractivity contribution in [1.82, 2.24) is 0 Å². The fourth-order valence-corrected chi connectivity index (χ4v) is 4.40. The number of ketones is 1. The van der Waals surface area contributed by atoms with E-state index >= 15 is 0 Å². The summed E-state index contributed by atoms with van der Waals surface area (Å²) in [6.45, 7) is 13.9. The van der Waals surface area contributed by atoms with Crippen molar-refractivity contribution in [3.63, 3.8) is 0 Å². The molecule has 0 saturated carbocycles. The van der Waals surface area contributed by atoms with Crippen LogP contribution in [0.1, 0.15) is 80.6 Å². The highest BCUT2D eigenvalue weighted by Gasteiger charge is 2.37. The lowest BCUT2D eigenvalue weighted by molar-refractivity contribution is 0.0838. The Balaban J connectivity index is 2.19. The predicted molar refractivity (Wildman–Crippen MR) is 141 cm³/mol. The topological polar surface area (TPSA) is 107 Å². The number of benzene rings is 2. The van der Waals surface area contributed by atoms with Gasteiger partial charge in [-0.15, -0.1) is 0 Å². The number of aromatic hydroxyl groups is 4. The van der Waals surface area contributed by atoms with Gasteiger partial charge in [0.25, 0.3) is 0 Å². The second-order valence-corrected chi connectivity index (χ2v) is 10.1. The first-order valence-electron chi connectivity index (χ1n) is 12.1. The number of fused-ring (bicyclic) bond motifs is 1. The maximum Gasteiger partial charge on any atom is 0.174 e. The van der Waals surface area contributed by atoms with Crippen LogP contribution in [-0.4, -0.2) is 26.2 Å². The number of rotatable bonds is 8. The lowest BCUT2D eigenvalue weighted by atomic mass is 9.84. The number of Topliss-reactive ketones (excluding diaryl/α,β-unsaturated/α-hetero) is 1. The summed E-state index contributed by atoms with van der Waals surface area (Å²) >= 11 is 0. The van der Waals surface area contributed by atoms with E-state index in [1.165, 1.54) is 18.2 Å². The fourth-order valence-electron chi connectivity index (χ4n) is 4.40. The zero-order valence-electron chi connectivity index (χ0n) is 21.7. The highest BCUT2D eigenvalue weighted by Crippen LogP contribution is 2.50. The number of carbonyl (C=O) groups is 1. The van der Waals surface area contributed by atoms with E-state index < -0.39 is 6.10 Å². The van der Waals surface area contributed by atoms with E-state index in [9.17, 15) is 25.2 Å². The third kappa shape index (κ3) is 5.76. The van der Waals surface area contributed by atoms with Crippen LogP contribution in [0, 0.1) is 5.92 Å². The smallest absolute Gasteiger partial charge is 0.174 e. The summed E-state index contributed by atoms with van der Waals surface area (Å²) in [5.41, 5.74) is 4.22. The molecule has 0 aromatic heterocycles. The van der Waals surface area contributed by atoms with Crippen LogP contribution in [0.2, 0.25) is 0 Å². The molecule has 0 fully saturated rings. The normalized spacial score (nSPS) is 15.5. The molecule has 1 heterocycles. The Morgan fingerprint density at radius 2 is 1.69 bits per heavy atom. The molecule has 0 unspecified atom stereocenters. The second-order valence-electron chi connectivity index (χ2n) is 10.1. The SMILES string of the molecule is C=C(C)[C@H](CC=C(C)C)Cc1c(O)c(CC=C(C)C)c(O)c2c1O[C@H](c1ccc(O)cc1O)CC2=O. The molecule has 6 heteroatoms. The first kappa shape index (κ1) is 26.9. The van der Waals surface area contributed by atoms with Crippen molar-refractivity contribution >= 4 is 5.78 Å². The molecule has 0 spiro atoms. The maximum absolute atomic E-state index is 13.4. The van der Waals surface area contributed by atoms with Crippen LogP contribution >= 0.6 is 0 Å². The number of phenolic OH excluding ortho intramolecular Hbond substituents is 4. The molecule has 0 radical (unpaired) electrons. The summed E-state index contributed by atoms with van der Waals surface area (Å²) in [6, 6.07) is 4.10. The molecule has 4 N–H and O–H groups in total. The number of ether oxygens (including phenoxy) is 1. The molecular formula is C30H36O6. The Hall–Kier alpha value is -3.67. The summed E-state index contributed by atoms with van der Waals surface area (Å²) < 4.78 is 6.25. The molecule has 2 aromatic carbocycles. The molecule has 2 atom stereocenters. The molecular weight excluding hydrogens is 456 g/mol. The number of hydrogen-bond donors (Lipinski definition) is 4. The van der Waals surface area contributed by atoms with Crippen LogP contribution in [0.5, 0.6) is 28.7 Å². The zero-order chi connectivity index (χ0) is 26.7. The van der Waals surface area contributed by atoms with Crippen molar-refractivity contribution < 1.29 is 30.0 Å². The Morgan fingerprint density at radius 1 is 1.03 bits per heavy atom. The first-order chi connectivity index (χ1) is 16.9. The van der Waals surface area contributed by atoms with Crippen molar-refractivity contribution in [1.29, 1.82) is 0 Å². The van der Waals surface area contributed by atoms with Gasteiger partial charge in [-0.1, -0.05) is 35.5 Å². The third-order valence-electron chi connectivity index (χ3n) is 6.54. The van der Waals surface area contributed by atoms with Gasteiger partial charge in [-0.2, -0.15) is 0 Å². The monoisotopic (exact) mass is 492 g/mol. The van der Waals surface area contributed by atoms with Gasteiger partial charge in [-0.25, -0.2) is 0 Å². The first-order valence-corrected chi connectivity index (χ1v) is 12.1. The molecule has 2 aromatic rings. The average Bonchev–Trinajstić information content (AvgIpc) is 2.77. The Labute approximate surface area is 212 Å². The van der Waals surface area contributed by atoms with Crippen molar-refractivity contribution in [2.45, 2.75) is 66.4 Å². The zero-order valence-corrected chi connectivity index (χ0v) is 21.7. The van der Waals surface area contributed by atoms with Gasteiger partial charge >= 0.3 is 0 Å². The largest absolute Gasteiger partial charge is 0.508 e. The molecule has 0 amide bonds. The van der Waals surface area contributed by atoms with Crippen LogP contribution in [0.3, 0.4) is 0 Å². The van der Waals surface area contributed by atoms with E-state index in [-0.39, 0.29) is 64.4 Å². The highest BCUT2D eigenvalue weighted by atomic mass is 16.5. The third-order valence-corrected chi connectivity index (χ3v) is 6.54. The predicted octanol–water partition coefficient (Wildman–Crippen LogP) is 6.82. The van der Waals surface area contributed by atoms with E-state index in [4.69, 9.17) is 4.74 Å². The molecule has 3 rings (SSSR count). The van der Waals surface area contributed by atoms with Gasteiger partial charge < -0.3 is 25.2 Å². The van der Waals surface area contributed by atoms with E-state index in [1.807, 2.05) is 40.7 Å². The van der Waals surface area contributed by atoms with Gasteiger partial charge in [-0.05, 0) is 71.9 Å². The van der Waals surface area contributed by atoms with Gasteiger partial charge in [-0.3, -0.25) is 4.79 Å². The standard InChI is InChI=1S/C30H36O6/c1-16(2)7-9-19(18(5)6)13-23-28(34)22(11-8-17(3)4)29(35)27-25(33)15-26(36-30(23)27)21-12-10-20(31)14-24(21)32/h7-8,10,12,14,19,26,31-32,34-35H,5,9,11,13,15H2,1-4,6H3/t19-,26+/m1/s1. The van der Waals surface area contributed by atoms with E-state index in [1.54, 1.807) is 0 Å². The molecule has 1 aliphatic rings. The van der Waals surface area contributed by atoms with Gasteiger partial charge in [0.2, 0.25) is 0 Å². The maximum atomic E-state index is 13.4. The molecule has 0 aliphatic carbocycles.